The summed E-state index contributed by atoms with van der Waals surface area (Å²) < 4.78 is 5.68. The minimum absolute atomic E-state index is 0.103. The van der Waals surface area contributed by atoms with Gasteiger partial charge in [-0.3, -0.25) is 9.69 Å². The number of para-hydroxylation sites is 1. The lowest BCUT2D eigenvalue weighted by Gasteiger charge is -2.38. The molecule has 1 aliphatic heterocycles. The number of ether oxygens (including phenoxy) is 1. The molecule has 148 valence electrons. The molecule has 3 aromatic rings. The summed E-state index contributed by atoms with van der Waals surface area (Å²) in [7, 11) is 0. The van der Waals surface area contributed by atoms with Crippen molar-refractivity contribution in [3.8, 4) is 5.75 Å². The number of carbonyl (C=O) groups excluding carboxylic acids is 1. The predicted octanol–water partition coefficient (Wildman–Crippen LogP) is 6.55. The molecule has 4 nitrogen and oxygen atoms in total. The summed E-state index contributed by atoms with van der Waals surface area (Å²) in [4.78, 5) is 15.1. The van der Waals surface area contributed by atoms with Gasteiger partial charge in [0.05, 0.1) is 22.2 Å². The first-order valence-corrected chi connectivity index (χ1v) is 10.2. The van der Waals surface area contributed by atoms with E-state index in [9.17, 15) is 4.79 Å². The Morgan fingerprint density at radius 1 is 1.00 bits per heavy atom. The van der Waals surface area contributed by atoms with E-state index < -0.39 is 6.17 Å². The maximum atomic E-state index is 13.4. The Bertz CT molecular complexity index is 1040. The first-order valence-electron chi connectivity index (χ1n) is 9.45. The number of carbonyl (C=O) groups is 1. The van der Waals surface area contributed by atoms with Gasteiger partial charge in [0.2, 0.25) is 0 Å². The van der Waals surface area contributed by atoms with Crippen LogP contribution in [0.15, 0.2) is 66.7 Å². The van der Waals surface area contributed by atoms with Crippen molar-refractivity contribution in [2.45, 2.75) is 19.5 Å². The van der Waals surface area contributed by atoms with Gasteiger partial charge >= 0.3 is 0 Å². The van der Waals surface area contributed by atoms with E-state index in [1.807, 2.05) is 48.5 Å². The van der Waals surface area contributed by atoms with Gasteiger partial charge in [0, 0.05) is 11.4 Å². The van der Waals surface area contributed by atoms with E-state index in [-0.39, 0.29) is 5.91 Å². The summed E-state index contributed by atoms with van der Waals surface area (Å²) in [5.74, 6) is 0.702. The van der Waals surface area contributed by atoms with Crippen LogP contribution >= 0.6 is 23.2 Å². The molecule has 1 atom stereocenters. The van der Waals surface area contributed by atoms with Crippen molar-refractivity contribution >= 4 is 40.5 Å². The fraction of sp³-hybridized carbons (Fsp3) is 0.174. The molecule has 1 amide bonds. The SMILES string of the molecule is CCCOc1ccc([C@H]2Nc3ccccc3C(=O)N2c2ccc(Cl)c(Cl)c2)cc1. The number of anilines is 2. The molecule has 4 rings (SSSR count). The molecule has 6 heteroatoms. The standard InChI is InChI=1S/C23H20Cl2N2O2/c1-2-13-29-17-10-7-15(8-11-17)22-26-21-6-4-3-5-18(21)23(28)27(22)16-9-12-19(24)20(25)14-16/h3-12,14,22,26H,2,13H2,1H3/t22-/m0/s1. The number of halogens is 2. The van der Waals surface area contributed by atoms with Crippen LogP contribution in [0.2, 0.25) is 10.0 Å². The van der Waals surface area contributed by atoms with Gasteiger partial charge in [-0.15, -0.1) is 0 Å². The molecule has 1 heterocycles. The van der Waals surface area contributed by atoms with Crippen LogP contribution in [0.3, 0.4) is 0 Å². The summed E-state index contributed by atoms with van der Waals surface area (Å²) in [5.41, 5.74) is 3.01. The molecule has 0 unspecified atom stereocenters. The zero-order valence-electron chi connectivity index (χ0n) is 15.9. The lowest BCUT2D eigenvalue weighted by atomic mass is 10.0. The van der Waals surface area contributed by atoms with Crippen LogP contribution < -0.4 is 15.0 Å². The molecular formula is C23H20Cl2N2O2. The van der Waals surface area contributed by atoms with E-state index in [2.05, 4.69) is 12.2 Å². The second-order valence-corrected chi connectivity index (χ2v) is 7.60. The van der Waals surface area contributed by atoms with E-state index in [1.54, 1.807) is 23.1 Å². The molecule has 0 saturated carbocycles. The number of benzene rings is 3. The third kappa shape index (κ3) is 3.91. The highest BCUT2D eigenvalue weighted by Gasteiger charge is 2.34. The number of amides is 1. The third-order valence-corrected chi connectivity index (χ3v) is 5.52. The highest BCUT2D eigenvalue weighted by Crippen LogP contribution is 2.38. The Kier molecular flexibility index (Phi) is 5.65. The minimum Gasteiger partial charge on any atom is -0.494 e. The molecule has 0 saturated heterocycles. The molecule has 0 aromatic heterocycles. The smallest absolute Gasteiger partial charge is 0.262 e. The van der Waals surface area contributed by atoms with Gasteiger partial charge in [-0.2, -0.15) is 0 Å². The highest BCUT2D eigenvalue weighted by molar-refractivity contribution is 6.42. The second-order valence-electron chi connectivity index (χ2n) is 6.78. The van der Waals surface area contributed by atoms with Gasteiger partial charge in [-0.25, -0.2) is 0 Å². The van der Waals surface area contributed by atoms with Crippen molar-refractivity contribution in [3.63, 3.8) is 0 Å². The van der Waals surface area contributed by atoms with Crippen LogP contribution in [0.4, 0.5) is 11.4 Å². The van der Waals surface area contributed by atoms with Gasteiger partial charge < -0.3 is 10.1 Å². The zero-order chi connectivity index (χ0) is 20.4. The third-order valence-electron chi connectivity index (χ3n) is 4.78. The van der Waals surface area contributed by atoms with Crippen molar-refractivity contribution in [1.29, 1.82) is 0 Å². The fourth-order valence-corrected chi connectivity index (χ4v) is 3.65. The number of hydrogen-bond acceptors (Lipinski definition) is 3. The lowest BCUT2D eigenvalue weighted by Crippen LogP contribution is -2.43. The predicted molar refractivity (Wildman–Crippen MR) is 118 cm³/mol. The fourth-order valence-electron chi connectivity index (χ4n) is 3.35. The molecule has 1 N–H and O–H groups in total. The van der Waals surface area contributed by atoms with Gasteiger partial charge in [0.15, 0.2) is 0 Å². The number of rotatable bonds is 5. The zero-order valence-corrected chi connectivity index (χ0v) is 17.4. The van der Waals surface area contributed by atoms with E-state index in [1.165, 1.54) is 0 Å². The van der Waals surface area contributed by atoms with E-state index >= 15 is 0 Å². The maximum Gasteiger partial charge on any atom is 0.262 e. The number of hydrogen-bond donors (Lipinski definition) is 1. The molecule has 0 spiro atoms. The van der Waals surface area contributed by atoms with E-state index in [4.69, 9.17) is 27.9 Å². The van der Waals surface area contributed by atoms with Crippen LogP contribution in [-0.2, 0) is 0 Å². The monoisotopic (exact) mass is 426 g/mol. The molecule has 3 aromatic carbocycles. The normalized spacial score (nSPS) is 15.6. The molecule has 0 bridgehead atoms. The Balaban J connectivity index is 1.76. The topological polar surface area (TPSA) is 41.6 Å². The molecule has 0 radical (unpaired) electrons. The van der Waals surface area contributed by atoms with Gasteiger partial charge in [0.1, 0.15) is 11.9 Å². The van der Waals surface area contributed by atoms with Crippen LogP contribution in [0.1, 0.15) is 35.4 Å². The van der Waals surface area contributed by atoms with Crippen molar-refractivity contribution < 1.29 is 9.53 Å². The molecular weight excluding hydrogens is 407 g/mol. The summed E-state index contributed by atoms with van der Waals surface area (Å²) in [5, 5.41) is 4.32. The molecule has 0 fully saturated rings. The molecule has 1 aliphatic rings. The van der Waals surface area contributed by atoms with Crippen molar-refractivity contribution in [3.05, 3.63) is 87.9 Å². The quantitative estimate of drug-likeness (QED) is 0.502. The van der Waals surface area contributed by atoms with E-state index in [0.717, 1.165) is 23.4 Å². The Morgan fingerprint density at radius 3 is 2.48 bits per heavy atom. The number of nitrogens with zero attached hydrogens (tertiary/aromatic N) is 1. The van der Waals surface area contributed by atoms with Gasteiger partial charge in [-0.1, -0.05) is 54.4 Å². The van der Waals surface area contributed by atoms with Crippen molar-refractivity contribution in [2.24, 2.45) is 0 Å². The molecule has 0 aliphatic carbocycles. The molecule has 29 heavy (non-hydrogen) atoms. The highest BCUT2D eigenvalue weighted by atomic mass is 35.5. The number of nitrogens with one attached hydrogen (secondary N) is 1. The summed E-state index contributed by atoms with van der Waals surface area (Å²) >= 11 is 12.3. The van der Waals surface area contributed by atoms with Crippen LogP contribution in [0, 0.1) is 0 Å². The summed E-state index contributed by atoms with van der Waals surface area (Å²) in [6.07, 6.45) is 0.553. The Hall–Kier alpha value is -2.69. The van der Waals surface area contributed by atoms with E-state index in [0.29, 0.717) is 27.9 Å². The maximum absolute atomic E-state index is 13.4. The average Bonchev–Trinajstić information content (AvgIpc) is 2.75. The number of fused-ring (bicyclic) bond motifs is 1. The van der Waals surface area contributed by atoms with Gasteiger partial charge in [0.25, 0.3) is 5.91 Å². The van der Waals surface area contributed by atoms with Crippen LogP contribution in [0.25, 0.3) is 0 Å². The van der Waals surface area contributed by atoms with Crippen LogP contribution in [0.5, 0.6) is 5.75 Å². The van der Waals surface area contributed by atoms with Crippen molar-refractivity contribution in [2.75, 3.05) is 16.8 Å². The first-order chi connectivity index (χ1) is 14.1. The van der Waals surface area contributed by atoms with Crippen molar-refractivity contribution in [1.82, 2.24) is 0 Å². The first kappa shape index (κ1) is 19.6. The van der Waals surface area contributed by atoms with Crippen LogP contribution in [-0.4, -0.2) is 12.5 Å². The Morgan fingerprint density at radius 2 is 1.76 bits per heavy atom. The summed E-state index contributed by atoms with van der Waals surface area (Å²) in [6.45, 7) is 2.74. The largest absolute Gasteiger partial charge is 0.494 e. The van der Waals surface area contributed by atoms with Gasteiger partial charge in [-0.05, 0) is 54.4 Å². The average molecular weight is 427 g/mol. The minimum atomic E-state index is -0.394. The summed E-state index contributed by atoms with van der Waals surface area (Å²) in [6, 6.07) is 20.5. The second kappa shape index (κ2) is 8.36. The Labute approximate surface area is 180 Å². The lowest BCUT2D eigenvalue weighted by molar-refractivity contribution is 0.0975.